The van der Waals surface area contributed by atoms with Crippen molar-refractivity contribution in [2.24, 2.45) is 0 Å². The lowest BCUT2D eigenvalue weighted by Gasteiger charge is -2.16. The third kappa shape index (κ3) is 4.76. The first-order chi connectivity index (χ1) is 8.40. The van der Waals surface area contributed by atoms with Crippen LogP contribution in [0.5, 0.6) is 0 Å². The van der Waals surface area contributed by atoms with Crippen molar-refractivity contribution in [3.05, 3.63) is 33.8 Å². The average molecular weight is 316 g/mol. The lowest BCUT2D eigenvalue weighted by molar-refractivity contribution is 0.0696. The Labute approximate surface area is 115 Å². The molecule has 4 nitrogen and oxygen atoms in total. The molecular formula is C13H18BrNO3. The molecule has 0 saturated carbocycles. The molecule has 1 aromatic rings. The van der Waals surface area contributed by atoms with Gasteiger partial charge in [-0.15, -0.1) is 0 Å². The Kier molecular flexibility index (Phi) is 5.78. The number of carboxylic acid groups (broad SMARTS) is 1. The molecule has 1 rings (SSSR count). The summed E-state index contributed by atoms with van der Waals surface area (Å²) >= 11 is 3.36. The minimum absolute atomic E-state index is 0.205. The first-order valence-corrected chi connectivity index (χ1v) is 6.62. The zero-order valence-electron chi connectivity index (χ0n) is 10.5. The number of nitrogens with one attached hydrogen (secondary N) is 1. The molecule has 100 valence electrons. The van der Waals surface area contributed by atoms with Gasteiger partial charge in [0, 0.05) is 17.1 Å². The quantitative estimate of drug-likeness (QED) is 0.754. The molecule has 5 heteroatoms. The molecule has 0 bridgehead atoms. The minimum Gasteiger partial charge on any atom is -0.478 e. The molecule has 0 heterocycles. The standard InChI is InChI=1S/C13H18BrNO3/c1-8(5-9(2)16)15-7-11-4-3-10(13(17)18)6-12(11)14/h3-4,6,8-9,15-16H,5,7H2,1-2H3,(H,17,18). The van der Waals surface area contributed by atoms with Crippen LogP contribution < -0.4 is 5.32 Å². The highest BCUT2D eigenvalue weighted by Gasteiger charge is 2.09. The van der Waals surface area contributed by atoms with Crippen molar-refractivity contribution in [3.8, 4) is 0 Å². The Morgan fingerprint density at radius 2 is 2.11 bits per heavy atom. The molecule has 1 aromatic carbocycles. The number of aromatic carboxylic acids is 1. The van der Waals surface area contributed by atoms with E-state index in [1.807, 2.05) is 6.92 Å². The van der Waals surface area contributed by atoms with Crippen LogP contribution in [0.1, 0.15) is 36.2 Å². The van der Waals surface area contributed by atoms with Crippen LogP contribution in [0.15, 0.2) is 22.7 Å². The van der Waals surface area contributed by atoms with E-state index < -0.39 is 5.97 Å². The predicted octanol–water partition coefficient (Wildman–Crippen LogP) is 2.40. The van der Waals surface area contributed by atoms with Gasteiger partial charge < -0.3 is 15.5 Å². The summed E-state index contributed by atoms with van der Waals surface area (Å²) in [6, 6.07) is 5.17. The zero-order chi connectivity index (χ0) is 13.7. The van der Waals surface area contributed by atoms with Crippen molar-refractivity contribution < 1.29 is 15.0 Å². The Morgan fingerprint density at radius 3 is 2.61 bits per heavy atom. The van der Waals surface area contributed by atoms with E-state index in [1.54, 1.807) is 25.1 Å². The Bertz CT molecular complexity index is 421. The smallest absolute Gasteiger partial charge is 0.335 e. The number of aliphatic hydroxyl groups excluding tert-OH is 1. The zero-order valence-corrected chi connectivity index (χ0v) is 12.1. The summed E-state index contributed by atoms with van der Waals surface area (Å²) in [4.78, 5) is 10.8. The molecule has 0 aliphatic carbocycles. The third-order valence-corrected chi connectivity index (χ3v) is 3.37. The fraction of sp³-hybridized carbons (Fsp3) is 0.462. The fourth-order valence-corrected chi connectivity index (χ4v) is 2.22. The maximum atomic E-state index is 10.8. The van der Waals surface area contributed by atoms with E-state index in [1.165, 1.54) is 0 Å². The van der Waals surface area contributed by atoms with Gasteiger partial charge in [0.25, 0.3) is 0 Å². The van der Waals surface area contributed by atoms with E-state index in [4.69, 9.17) is 5.11 Å². The SMILES string of the molecule is CC(O)CC(C)NCc1ccc(C(=O)O)cc1Br. The molecule has 0 saturated heterocycles. The molecule has 0 radical (unpaired) electrons. The van der Waals surface area contributed by atoms with Gasteiger partial charge in [-0.1, -0.05) is 22.0 Å². The average Bonchev–Trinajstić information content (AvgIpc) is 2.26. The molecule has 0 aromatic heterocycles. The number of hydrogen-bond donors (Lipinski definition) is 3. The largest absolute Gasteiger partial charge is 0.478 e. The van der Waals surface area contributed by atoms with E-state index in [-0.39, 0.29) is 17.7 Å². The van der Waals surface area contributed by atoms with E-state index >= 15 is 0 Å². The van der Waals surface area contributed by atoms with Crippen LogP contribution in [0.4, 0.5) is 0 Å². The monoisotopic (exact) mass is 315 g/mol. The number of halogens is 1. The van der Waals surface area contributed by atoms with Crippen molar-refractivity contribution in [1.82, 2.24) is 5.32 Å². The second kappa shape index (κ2) is 6.87. The summed E-state index contributed by atoms with van der Waals surface area (Å²) in [5.74, 6) is -0.933. The van der Waals surface area contributed by atoms with Crippen molar-refractivity contribution in [2.45, 2.75) is 39.0 Å². The van der Waals surface area contributed by atoms with Gasteiger partial charge in [0.05, 0.1) is 11.7 Å². The summed E-state index contributed by atoms with van der Waals surface area (Å²) in [6.07, 6.45) is 0.357. The van der Waals surface area contributed by atoms with E-state index in [0.717, 1.165) is 10.0 Å². The van der Waals surface area contributed by atoms with E-state index in [2.05, 4.69) is 21.2 Å². The number of rotatable bonds is 6. The first kappa shape index (κ1) is 15.1. The maximum Gasteiger partial charge on any atom is 0.335 e. The Morgan fingerprint density at radius 1 is 1.44 bits per heavy atom. The molecule has 3 N–H and O–H groups in total. The summed E-state index contributed by atoms with van der Waals surface area (Å²) in [7, 11) is 0. The molecule has 18 heavy (non-hydrogen) atoms. The lowest BCUT2D eigenvalue weighted by Crippen LogP contribution is -2.28. The van der Waals surface area contributed by atoms with Gasteiger partial charge in [-0.05, 0) is 38.0 Å². The maximum absolute atomic E-state index is 10.8. The molecule has 0 amide bonds. The minimum atomic E-state index is -0.933. The number of carbonyl (C=O) groups is 1. The molecule has 0 aliphatic heterocycles. The molecule has 0 aliphatic rings. The molecule has 0 fully saturated rings. The van der Waals surface area contributed by atoms with Crippen LogP contribution in [0.25, 0.3) is 0 Å². The van der Waals surface area contributed by atoms with Crippen molar-refractivity contribution in [1.29, 1.82) is 0 Å². The molecule has 2 unspecified atom stereocenters. The second-order valence-electron chi connectivity index (χ2n) is 4.48. The highest BCUT2D eigenvalue weighted by Crippen LogP contribution is 2.19. The fourth-order valence-electron chi connectivity index (χ4n) is 1.70. The van der Waals surface area contributed by atoms with Gasteiger partial charge in [0.2, 0.25) is 0 Å². The van der Waals surface area contributed by atoms with Gasteiger partial charge in [-0.3, -0.25) is 0 Å². The molecule has 2 atom stereocenters. The van der Waals surface area contributed by atoms with Crippen LogP contribution in [-0.2, 0) is 6.54 Å². The number of carboxylic acids is 1. The van der Waals surface area contributed by atoms with Crippen LogP contribution in [0.2, 0.25) is 0 Å². The normalized spacial score (nSPS) is 14.2. The van der Waals surface area contributed by atoms with Crippen LogP contribution >= 0.6 is 15.9 Å². The third-order valence-electron chi connectivity index (χ3n) is 2.64. The van der Waals surface area contributed by atoms with Crippen molar-refractivity contribution >= 4 is 21.9 Å². The van der Waals surface area contributed by atoms with Crippen molar-refractivity contribution in [2.75, 3.05) is 0 Å². The second-order valence-corrected chi connectivity index (χ2v) is 5.33. The van der Waals surface area contributed by atoms with Gasteiger partial charge in [-0.2, -0.15) is 0 Å². The summed E-state index contributed by atoms with van der Waals surface area (Å²) < 4.78 is 0.777. The van der Waals surface area contributed by atoms with Crippen molar-refractivity contribution in [3.63, 3.8) is 0 Å². The van der Waals surface area contributed by atoms with E-state index in [9.17, 15) is 9.90 Å². The summed E-state index contributed by atoms with van der Waals surface area (Å²) in [6.45, 7) is 4.40. The van der Waals surface area contributed by atoms with Crippen LogP contribution in [0.3, 0.4) is 0 Å². The van der Waals surface area contributed by atoms with Gasteiger partial charge in [-0.25, -0.2) is 4.79 Å². The number of benzene rings is 1. The Hall–Kier alpha value is -0.910. The molecular weight excluding hydrogens is 298 g/mol. The Balaban J connectivity index is 2.60. The highest BCUT2D eigenvalue weighted by molar-refractivity contribution is 9.10. The number of aliphatic hydroxyl groups is 1. The first-order valence-electron chi connectivity index (χ1n) is 5.83. The lowest BCUT2D eigenvalue weighted by atomic mass is 10.1. The van der Waals surface area contributed by atoms with Crippen LogP contribution in [-0.4, -0.2) is 28.3 Å². The van der Waals surface area contributed by atoms with Gasteiger partial charge in [0.1, 0.15) is 0 Å². The number of hydrogen-bond acceptors (Lipinski definition) is 3. The van der Waals surface area contributed by atoms with E-state index in [0.29, 0.717) is 13.0 Å². The molecule has 0 spiro atoms. The predicted molar refractivity (Wildman–Crippen MR) is 73.7 cm³/mol. The van der Waals surface area contributed by atoms with Gasteiger partial charge in [0.15, 0.2) is 0 Å². The summed E-state index contributed by atoms with van der Waals surface area (Å²) in [5.41, 5.74) is 1.26. The highest BCUT2D eigenvalue weighted by atomic mass is 79.9. The summed E-state index contributed by atoms with van der Waals surface area (Å²) in [5, 5.41) is 21.4. The van der Waals surface area contributed by atoms with Crippen LogP contribution in [0, 0.1) is 0 Å². The topological polar surface area (TPSA) is 69.6 Å². The van der Waals surface area contributed by atoms with Gasteiger partial charge >= 0.3 is 5.97 Å².